The predicted molar refractivity (Wildman–Crippen MR) is 57.1 cm³/mol. The van der Waals surface area contributed by atoms with Gasteiger partial charge < -0.3 is 4.74 Å². The average Bonchev–Trinajstić information content (AvgIpc) is 2.30. The predicted octanol–water partition coefficient (Wildman–Crippen LogP) is 3.72. The van der Waals surface area contributed by atoms with Gasteiger partial charge in [0.15, 0.2) is 0 Å². The van der Waals surface area contributed by atoms with Crippen LogP contribution >= 0.6 is 0 Å². The molecule has 0 atom stereocenters. The standard InChI is InChI=1S/C12H9F5O2/c1-2-19-11(18)9(13)6-7-4-3-5-8(10(7)14)12(15,16)17/h3-6H,2H2,1H3/b9-6-. The van der Waals surface area contributed by atoms with Gasteiger partial charge in [-0.05, 0) is 19.1 Å². The molecule has 7 heteroatoms. The molecule has 0 saturated heterocycles. The van der Waals surface area contributed by atoms with E-state index in [9.17, 15) is 26.7 Å². The van der Waals surface area contributed by atoms with E-state index in [1.165, 1.54) is 6.92 Å². The summed E-state index contributed by atoms with van der Waals surface area (Å²) in [5.74, 6) is -4.48. The maximum atomic E-state index is 13.5. The highest BCUT2D eigenvalue weighted by molar-refractivity contribution is 5.91. The van der Waals surface area contributed by atoms with E-state index in [4.69, 9.17) is 0 Å². The zero-order chi connectivity index (χ0) is 14.6. The van der Waals surface area contributed by atoms with Crippen molar-refractivity contribution in [3.05, 3.63) is 41.0 Å². The van der Waals surface area contributed by atoms with Gasteiger partial charge in [0, 0.05) is 5.56 Å². The van der Waals surface area contributed by atoms with Crippen LogP contribution < -0.4 is 0 Å². The summed E-state index contributed by atoms with van der Waals surface area (Å²) in [4.78, 5) is 10.9. The quantitative estimate of drug-likeness (QED) is 0.479. The first-order valence-electron chi connectivity index (χ1n) is 5.17. The first-order valence-corrected chi connectivity index (χ1v) is 5.17. The second-order valence-electron chi connectivity index (χ2n) is 3.42. The highest BCUT2D eigenvalue weighted by atomic mass is 19.4. The van der Waals surface area contributed by atoms with Crippen LogP contribution in [0.25, 0.3) is 6.08 Å². The first kappa shape index (κ1) is 15.1. The fourth-order valence-corrected chi connectivity index (χ4v) is 1.28. The van der Waals surface area contributed by atoms with Crippen LogP contribution in [0.5, 0.6) is 0 Å². The summed E-state index contributed by atoms with van der Waals surface area (Å²) in [7, 11) is 0. The number of hydrogen-bond acceptors (Lipinski definition) is 2. The molecule has 1 rings (SSSR count). The van der Waals surface area contributed by atoms with E-state index in [-0.39, 0.29) is 6.61 Å². The van der Waals surface area contributed by atoms with Gasteiger partial charge in [0.05, 0.1) is 12.2 Å². The molecule has 0 spiro atoms. The van der Waals surface area contributed by atoms with Crippen molar-refractivity contribution < 1.29 is 31.5 Å². The lowest BCUT2D eigenvalue weighted by atomic mass is 10.1. The van der Waals surface area contributed by atoms with Crippen molar-refractivity contribution in [1.82, 2.24) is 0 Å². The Labute approximate surface area is 105 Å². The average molecular weight is 280 g/mol. The van der Waals surface area contributed by atoms with Crippen LogP contribution in [-0.2, 0) is 15.7 Å². The minimum atomic E-state index is -4.89. The zero-order valence-electron chi connectivity index (χ0n) is 9.72. The zero-order valence-corrected chi connectivity index (χ0v) is 9.72. The molecule has 0 saturated carbocycles. The Balaban J connectivity index is 3.16. The highest BCUT2D eigenvalue weighted by Gasteiger charge is 2.34. The molecule has 1 aromatic carbocycles. The Morgan fingerprint density at radius 2 is 2.00 bits per heavy atom. The van der Waals surface area contributed by atoms with Gasteiger partial charge in [-0.3, -0.25) is 0 Å². The number of alkyl halides is 3. The lowest BCUT2D eigenvalue weighted by Gasteiger charge is -2.09. The molecular formula is C12H9F5O2. The van der Waals surface area contributed by atoms with Crippen LogP contribution in [-0.4, -0.2) is 12.6 Å². The van der Waals surface area contributed by atoms with E-state index >= 15 is 0 Å². The van der Waals surface area contributed by atoms with Gasteiger partial charge >= 0.3 is 12.1 Å². The number of carbonyl (C=O) groups is 1. The Hall–Kier alpha value is -1.92. The number of hydrogen-bond donors (Lipinski definition) is 0. The summed E-state index contributed by atoms with van der Waals surface area (Å²) in [5, 5.41) is 0. The topological polar surface area (TPSA) is 26.3 Å². The second-order valence-corrected chi connectivity index (χ2v) is 3.42. The molecule has 0 aliphatic heterocycles. The van der Waals surface area contributed by atoms with Gasteiger partial charge in [-0.2, -0.15) is 17.6 Å². The van der Waals surface area contributed by atoms with Crippen molar-refractivity contribution in [2.45, 2.75) is 13.1 Å². The second kappa shape index (κ2) is 5.81. The van der Waals surface area contributed by atoms with Crippen molar-refractivity contribution >= 4 is 12.0 Å². The summed E-state index contributed by atoms with van der Waals surface area (Å²) in [6, 6.07) is 2.36. The van der Waals surface area contributed by atoms with Gasteiger partial charge in [-0.15, -0.1) is 0 Å². The normalized spacial score (nSPS) is 12.4. The Kier molecular flexibility index (Phi) is 4.63. The summed E-state index contributed by atoms with van der Waals surface area (Å²) in [6.07, 6.45) is -4.53. The van der Waals surface area contributed by atoms with Crippen LogP contribution in [0.2, 0.25) is 0 Å². The van der Waals surface area contributed by atoms with Crippen LogP contribution in [0.1, 0.15) is 18.1 Å². The third-order valence-corrected chi connectivity index (χ3v) is 2.09. The van der Waals surface area contributed by atoms with Crippen LogP contribution in [0, 0.1) is 5.82 Å². The van der Waals surface area contributed by atoms with Gasteiger partial charge in [-0.25, -0.2) is 9.18 Å². The van der Waals surface area contributed by atoms with Gasteiger partial charge in [-0.1, -0.05) is 12.1 Å². The SMILES string of the molecule is CCOC(=O)/C(F)=C/c1cccc(C(F)(F)F)c1F. The number of halogens is 5. The Morgan fingerprint density at radius 1 is 1.37 bits per heavy atom. The molecule has 19 heavy (non-hydrogen) atoms. The van der Waals surface area contributed by atoms with E-state index in [0.717, 1.165) is 12.1 Å². The lowest BCUT2D eigenvalue weighted by molar-refractivity contribution is -0.140. The Morgan fingerprint density at radius 3 is 2.53 bits per heavy atom. The van der Waals surface area contributed by atoms with Crippen LogP contribution in [0.4, 0.5) is 22.0 Å². The van der Waals surface area contributed by atoms with E-state index in [0.29, 0.717) is 12.1 Å². The van der Waals surface area contributed by atoms with Crippen molar-refractivity contribution in [1.29, 1.82) is 0 Å². The molecule has 0 aliphatic rings. The number of esters is 1. The number of benzene rings is 1. The molecule has 0 N–H and O–H groups in total. The third-order valence-electron chi connectivity index (χ3n) is 2.09. The Bertz CT molecular complexity index is 505. The van der Waals surface area contributed by atoms with Gasteiger partial charge in [0.2, 0.25) is 5.83 Å². The molecule has 0 radical (unpaired) electrons. The fraction of sp³-hybridized carbons (Fsp3) is 0.250. The molecular weight excluding hydrogens is 271 g/mol. The van der Waals surface area contributed by atoms with E-state index in [1.54, 1.807) is 0 Å². The smallest absolute Gasteiger partial charge is 0.419 e. The maximum absolute atomic E-state index is 13.5. The first-order chi connectivity index (χ1) is 8.77. The van der Waals surface area contributed by atoms with E-state index < -0.39 is 34.9 Å². The summed E-state index contributed by atoms with van der Waals surface area (Å²) < 4.78 is 68.2. The highest BCUT2D eigenvalue weighted by Crippen LogP contribution is 2.32. The van der Waals surface area contributed by atoms with E-state index in [1.807, 2.05) is 0 Å². The maximum Gasteiger partial charge on any atom is 0.419 e. The van der Waals surface area contributed by atoms with Crippen LogP contribution in [0.15, 0.2) is 24.0 Å². The van der Waals surface area contributed by atoms with Crippen molar-refractivity contribution in [2.75, 3.05) is 6.61 Å². The van der Waals surface area contributed by atoms with Crippen molar-refractivity contribution in [3.8, 4) is 0 Å². The van der Waals surface area contributed by atoms with Gasteiger partial charge in [0.25, 0.3) is 0 Å². The molecule has 0 fully saturated rings. The minimum absolute atomic E-state index is 0.106. The van der Waals surface area contributed by atoms with E-state index in [2.05, 4.69) is 4.74 Å². The monoisotopic (exact) mass is 280 g/mol. The minimum Gasteiger partial charge on any atom is -0.461 e. The van der Waals surface area contributed by atoms with Gasteiger partial charge in [0.1, 0.15) is 5.82 Å². The summed E-state index contributed by atoms with van der Waals surface area (Å²) in [5.41, 5.74) is -2.21. The molecule has 0 heterocycles. The lowest BCUT2D eigenvalue weighted by Crippen LogP contribution is -2.09. The summed E-state index contributed by atoms with van der Waals surface area (Å²) in [6.45, 7) is 1.32. The largest absolute Gasteiger partial charge is 0.461 e. The number of rotatable bonds is 3. The molecule has 0 amide bonds. The third kappa shape index (κ3) is 3.77. The van der Waals surface area contributed by atoms with Crippen molar-refractivity contribution in [3.63, 3.8) is 0 Å². The van der Waals surface area contributed by atoms with Crippen molar-refractivity contribution in [2.24, 2.45) is 0 Å². The molecule has 1 aromatic rings. The molecule has 0 bridgehead atoms. The van der Waals surface area contributed by atoms with Crippen LogP contribution in [0.3, 0.4) is 0 Å². The number of ether oxygens (including phenoxy) is 1. The molecule has 0 aliphatic carbocycles. The number of carbonyl (C=O) groups excluding carboxylic acids is 1. The fourth-order valence-electron chi connectivity index (χ4n) is 1.28. The molecule has 2 nitrogen and oxygen atoms in total. The summed E-state index contributed by atoms with van der Waals surface area (Å²) >= 11 is 0. The molecule has 0 unspecified atom stereocenters. The molecule has 0 aromatic heterocycles. The molecule has 104 valence electrons.